The molecule has 1 heterocycles. The number of nitrogens with zero attached hydrogens (tertiary/aromatic N) is 4. The van der Waals surface area contributed by atoms with E-state index in [0.717, 1.165) is 56.5 Å². The fraction of sp³-hybridized carbons (Fsp3) is 0.125. The predicted octanol–water partition coefficient (Wildman–Crippen LogP) is 5.85. The number of hydrazine groups is 1. The van der Waals surface area contributed by atoms with E-state index in [4.69, 9.17) is 4.74 Å². The highest BCUT2D eigenvalue weighted by atomic mass is 16.6. The summed E-state index contributed by atoms with van der Waals surface area (Å²) in [7, 11) is 0. The molecule has 54 heavy (non-hydrogen) atoms. The third kappa shape index (κ3) is 5.48. The topological polar surface area (TPSA) is 187 Å². The van der Waals surface area contributed by atoms with Crippen LogP contribution in [0.5, 0.6) is 5.75 Å². The lowest BCUT2D eigenvalue weighted by Crippen LogP contribution is -2.52. The van der Waals surface area contributed by atoms with Crippen LogP contribution in [0.25, 0.3) is 0 Å². The highest BCUT2D eigenvalue weighted by molar-refractivity contribution is 6.11. The van der Waals surface area contributed by atoms with Gasteiger partial charge in [0.1, 0.15) is 12.3 Å². The Labute approximate surface area is 305 Å². The number of hydrogen-bond acceptors (Lipinski definition) is 10. The summed E-state index contributed by atoms with van der Waals surface area (Å²) in [6.07, 6.45) is 0. The molecule has 0 N–H and O–H groups in total. The van der Waals surface area contributed by atoms with Gasteiger partial charge in [0.25, 0.3) is 29.1 Å². The van der Waals surface area contributed by atoms with Gasteiger partial charge in [-0.15, -0.1) is 0 Å². The quantitative estimate of drug-likeness (QED) is 0.0446. The Morgan fingerprint density at radius 3 is 1.43 bits per heavy atom. The minimum atomic E-state index is -0.894. The summed E-state index contributed by atoms with van der Waals surface area (Å²) < 4.78 is 5.35. The number of hydrogen-bond donors (Lipinski definition) is 0. The largest absolute Gasteiger partial charge is 0.423 e. The van der Waals surface area contributed by atoms with E-state index in [-0.39, 0.29) is 33.8 Å². The van der Waals surface area contributed by atoms with Crippen molar-refractivity contribution in [3.8, 4) is 5.75 Å². The Morgan fingerprint density at radius 1 is 0.593 bits per heavy atom. The lowest BCUT2D eigenvalue weighted by molar-refractivity contribution is -0.385. The number of rotatable bonds is 9. The number of carbonyl (C=O) groups is 5. The number of benzene rings is 5. The van der Waals surface area contributed by atoms with Crippen molar-refractivity contribution in [1.29, 1.82) is 0 Å². The standard InChI is InChI=1S/C40H26N4O10/c45-32(22-13-19-27(20-14-22)54-40(49)24-11-17-26(18-12-24)44(52)53)21-41(37(46)23-9-15-25(16-10-23)43(50)51)42-38(47)35-33-28-5-1-2-6-29(28)34(36(35)39(42)48)31-8-4-3-7-30(31)33/h1-20,33-36H,21H2/t33?,34?,35-,36-/m1/s1. The van der Waals surface area contributed by atoms with E-state index in [1.165, 1.54) is 48.5 Å². The molecule has 0 spiro atoms. The zero-order valence-electron chi connectivity index (χ0n) is 27.9. The van der Waals surface area contributed by atoms with Gasteiger partial charge in [0, 0.05) is 47.2 Å². The first-order valence-corrected chi connectivity index (χ1v) is 16.7. The van der Waals surface area contributed by atoms with Crippen molar-refractivity contribution in [2.45, 2.75) is 11.8 Å². The van der Waals surface area contributed by atoms with Crippen molar-refractivity contribution in [2.24, 2.45) is 11.8 Å². The summed E-state index contributed by atoms with van der Waals surface area (Å²) in [5.74, 6) is -6.21. The molecule has 0 aromatic heterocycles. The second-order valence-electron chi connectivity index (χ2n) is 13.1. The van der Waals surface area contributed by atoms with E-state index >= 15 is 0 Å². The Kier molecular flexibility index (Phi) is 8.13. The summed E-state index contributed by atoms with van der Waals surface area (Å²) >= 11 is 0. The molecule has 14 nitrogen and oxygen atoms in total. The molecule has 1 fully saturated rings. The zero-order chi connectivity index (χ0) is 37.8. The number of nitro groups is 2. The Bertz CT molecular complexity index is 2310. The van der Waals surface area contributed by atoms with Crippen LogP contribution in [0.15, 0.2) is 121 Å². The van der Waals surface area contributed by atoms with Crippen LogP contribution in [-0.2, 0) is 9.59 Å². The normalized spacial score (nSPS) is 19.0. The molecule has 1 aliphatic heterocycles. The van der Waals surface area contributed by atoms with E-state index in [1.807, 2.05) is 48.5 Å². The number of ether oxygens (including phenoxy) is 1. The molecule has 0 unspecified atom stereocenters. The molecule has 2 atom stereocenters. The summed E-state index contributed by atoms with van der Waals surface area (Å²) in [5.41, 5.74) is 3.22. The van der Waals surface area contributed by atoms with Gasteiger partial charge in [0.2, 0.25) is 0 Å². The number of carbonyl (C=O) groups excluding carboxylic acids is 5. The minimum Gasteiger partial charge on any atom is -0.423 e. The molecular weight excluding hydrogens is 696 g/mol. The molecule has 14 heteroatoms. The summed E-state index contributed by atoms with van der Waals surface area (Å²) in [4.78, 5) is 90.8. The molecule has 5 aromatic carbocycles. The molecule has 9 rings (SSSR count). The van der Waals surface area contributed by atoms with Gasteiger partial charge in [-0.25, -0.2) is 9.80 Å². The summed E-state index contributed by atoms with van der Waals surface area (Å²) in [6.45, 7) is -0.746. The molecule has 0 radical (unpaired) electrons. The molecule has 3 amide bonds. The number of Topliss-reactive ketones (excluding diaryl/α,β-unsaturated/α-hetero) is 1. The van der Waals surface area contributed by atoms with Gasteiger partial charge in [-0.2, -0.15) is 5.01 Å². The van der Waals surface area contributed by atoms with Crippen molar-refractivity contribution < 1.29 is 38.6 Å². The van der Waals surface area contributed by atoms with Gasteiger partial charge in [0.15, 0.2) is 5.78 Å². The van der Waals surface area contributed by atoms with E-state index in [9.17, 15) is 44.2 Å². The number of amides is 3. The van der Waals surface area contributed by atoms with Gasteiger partial charge in [-0.1, -0.05) is 48.5 Å². The molecule has 3 aliphatic carbocycles. The van der Waals surface area contributed by atoms with Crippen molar-refractivity contribution in [1.82, 2.24) is 10.0 Å². The third-order valence-corrected chi connectivity index (χ3v) is 10.2. The molecule has 2 bridgehead atoms. The Balaban J connectivity index is 1.10. The van der Waals surface area contributed by atoms with Crippen molar-refractivity contribution in [3.63, 3.8) is 0 Å². The molecule has 1 saturated heterocycles. The maximum absolute atomic E-state index is 14.5. The number of imide groups is 1. The lowest BCUT2D eigenvalue weighted by atomic mass is 9.55. The average molecular weight is 723 g/mol. The van der Waals surface area contributed by atoms with Gasteiger partial charge in [0.05, 0.1) is 27.2 Å². The molecular formula is C40H26N4O10. The average Bonchev–Trinajstić information content (AvgIpc) is 3.46. The van der Waals surface area contributed by atoms with Crippen LogP contribution in [0.2, 0.25) is 0 Å². The fourth-order valence-corrected chi connectivity index (χ4v) is 7.83. The number of esters is 1. The van der Waals surface area contributed by atoms with E-state index < -0.39 is 69.5 Å². The van der Waals surface area contributed by atoms with Gasteiger partial charge in [-0.05, 0) is 70.8 Å². The van der Waals surface area contributed by atoms with E-state index in [0.29, 0.717) is 0 Å². The molecule has 266 valence electrons. The van der Waals surface area contributed by atoms with Crippen molar-refractivity contribution >= 4 is 40.8 Å². The number of ketones is 1. The minimum absolute atomic E-state index is 0.0531. The van der Waals surface area contributed by atoms with Crippen LogP contribution >= 0.6 is 0 Å². The first-order valence-electron chi connectivity index (χ1n) is 16.7. The highest BCUT2D eigenvalue weighted by Gasteiger charge is 2.63. The lowest BCUT2D eigenvalue weighted by Gasteiger charge is -2.45. The zero-order valence-corrected chi connectivity index (χ0v) is 27.9. The number of non-ortho nitro benzene ring substituents is 2. The van der Waals surface area contributed by atoms with Gasteiger partial charge >= 0.3 is 5.97 Å². The molecule has 4 aliphatic rings. The van der Waals surface area contributed by atoms with E-state index in [1.54, 1.807) is 0 Å². The van der Waals surface area contributed by atoms with Crippen LogP contribution in [0.4, 0.5) is 11.4 Å². The fourth-order valence-electron chi connectivity index (χ4n) is 7.83. The summed E-state index contributed by atoms with van der Waals surface area (Å²) in [6, 6.07) is 30.1. The first kappa shape index (κ1) is 33.8. The maximum atomic E-state index is 14.5. The second-order valence-corrected chi connectivity index (χ2v) is 13.1. The highest BCUT2D eigenvalue weighted by Crippen LogP contribution is 2.61. The predicted molar refractivity (Wildman–Crippen MR) is 188 cm³/mol. The first-order chi connectivity index (χ1) is 26.0. The van der Waals surface area contributed by atoms with E-state index in [2.05, 4.69) is 0 Å². The van der Waals surface area contributed by atoms with Crippen LogP contribution in [0.1, 0.15) is 65.2 Å². The van der Waals surface area contributed by atoms with Crippen molar-refractivity contribution in [2.75, 3.05) is 6.54 Å². The SMILES string of the molecule is O=C(CN(C(=O)c1ccc([N+](=O)[O-])cc1)N1C(=O)[C@@H]2C3c4ccccc4C(c4ccccc43)[C@H]2C1=O)c1ccc(OC(=O)c2ccc([N+](=O)[O-])cc2)cc1. The van der Waals surface area contributed by atoms with Crippen LogP contribution < -0.4 is 4.74 Å². The Hall–Kier alpha value is -7.35. The van der Waals surface area contributed by atoms with Crippen LogP contribution in [0.3, 0.4) is 0 Å². The van der Waals surface area contributed by atoms with Crippen molar-refractivity contribution in [3.05, 3.63) is 181 Å². The molecule has 0 saturated carbocycles. The second kappa shape index (κ2) is 13.0. The molecule has 5 aromatic rings. The van der Waals surface area contributed by atoms with Gasteiger partial charge < -0.3 is 4.74 Å². The maximum Gasteiger partial charge on any atom is 0.343 e. The van der Waals surface area contributed by atoms with Gasteiger partial charge in [-0.3, -0.25) is 39.4 Å². The third-order valence-electron chi connectivity index (χ3n) is 10.2. The Morgan fingerprint density at radius 2 is 1.00 bits per heavy atom. The van der Waals surface area contributed by atoms with Crippen LogP contribution in [0, 0.1) is 32.1 Å². The summed E-state index contributed by atoms with van der Waals surface area (Å²) in [5, 5.41) is 23.8. The number of nitro benzene ring substituents is 2. The smallest absolute Gasteiger partial charge is 0.343 e. The van der Waals surface area contributed by atoms with Crippen LogP contribution in [-0.4, -0.2) is 55.9 Å². The monoisotopic (exact) mass is 722 g/mol.